The molecule has 1 aromatic heterocycles. The highest BCUT2D eigenvalue weighted by Gasteiger charge is 2.26. The molecule has 1 fully saturated rings. The standard InChI is InChI=1S/C26H30N4O2/c1-4-30(21-10-8-9-19(2)17-21)25-23(26(31)29-15-6-5-7-16-29)18-27-24(28-25)20-11-13-22(32-3)14-12-20/h8-14,17-18H,4-7,15-16H2,1-3H3. The van der Waals surface area contributed by atoms with E-state index in [1.807, 2.05) is 35.2 Å². The van der Waals surface area contributed by atoms with Crippen molar-refractivity contribution in [2.75, 3.05) is 31.6 Å². The number of nitrogens with zero attached hydrogens (tertiary/aromatic N) is 4. The molecule has 0 unspecified atom stereocenters. The maximum atomic E-state index is 13.5. The van der Waals surface area contributed by atoms with Gasteiger partial charge in [0.2, 0.25) is 0 Å². The number of hydrogen-bond acceptors (Lipinski definition) is 5. The van der Waals surface area contributed by atoms with Crippen LogP contribution in [-0.4, -0.2) is 47.5 Å². The summed E-state index contributed by atoms with van der Waals surface area (Å²) >= 11 is 0. The van der Waals surface area contributed by atoms with Crippen molar-refractivity contribution in [3.05, 3.63) is 65.9 Å². The van der Waals surface area contributed by atoms with E-state index in [9.17, 15) is 4.79 Å². The molecule has 1 aliphatic rings. The first-order chi connectivity index (χ1) is 15.6. The normalized spacial score (nSPS) is 13.7. The van der Waals surface area contributed by atoms with Gasteiger partial charge in [-0.3, -0.25) is 4.79 Å². The smallest absolute Gasteiger partial charge is 0.259 e. The van der Waals surface area contributed by atoms with Gasteiger partial charge in [-0.25, -0.2) is 9.97 Å². The van der Waals surface area contributed by atoms with Crippen LogP contribution in [-0.2, 0) is 0 Å². The zero-order valence-electron chi connectivity index (χ0n) is 19.0. The van der Waals surface area contributed by atoms with Gasteiger partial charge in [0.05, 0.1) is 7.11 Å². The minimum Gasteiger partial charge on any atom is -0.497 e. The molecule has 0 bridgehead atoms. The van der Waals surface area contributed by atoms with Crippen LogP contribution in [0.1, 0.15) is 42.1 Å². The van der Waals surface area contributed by atoms with E-state index in [0.717, 1.165) is 48.5 Å². The number of aromatic nitrogens is 2. The molecule has 0 atom stereocenters. The molecule has 4 rings (SSSR count). The number of carbonyl (C=O) groups is 1. The Labute approximate surface area is 189 Å². The lowest BCUT2D eigenvalue weighted by Gasteiger charge is -2.30. The Balaban J connectivity index is 1.80. The Kier molecular flexibility index (Phi) is 6.69. The number of likely N-dealkylation sites (tertiary alicyclic amines) is 1. The van der Waals surface area contributed by atoms with Crippen LogP contribution in [0.25, 0.3) is 11.4 Å². The number of benzene rings is 2. The lowest BCUT2D eigenvalue weighted by molar-refractivity contribution is 0.0724. The number of anilines is 2. The summed E-state index contributed by atoms with van der Waals surface area (Å²) in [7, 11) is 1.64. The third-order valence-corrected chi connectivity index (χ3v) is 5.88. The molecule has 0 radical (unpaired) electrons. The van der Waals surface area contributed by atoms with Gasteiger partial charge in [0.15, 0.2) is 5.82 Å². The number of aryl methyl sites for hydroxylation is 1. The molecule has 0 spiro atoms. The SMILES string of the molecule is CCN(c1cccc(C)c1)c1nc(-c2ccc(OC)cc2)ncc1C(=O)N1CCCCC1. The number of carbonyl (C=O) groups excluding carboxylic acids is 1. The predicted octanol–water partition coefficient (Wildman–Crippen LogP) is 5.24. The molecule has 0 aliphatic carbocycles. The highest BCUT2D eigenvalue weighted by Crippen LogP contribution is 2.31. The molecular weight excluding hydrogens is 400 g/mol. The molecule has 1 amide bonds. The van der Waals surface area contributed by atoms with Crippen molar-refractivity contribution in [3.8, 4) is 17.1 Å². The third kappa shape index (κ3) is 4.59. The van der Waals surface area contributed by atoms with Gasteiger partial charge >= 0.3 is 0 Å². The summed E-state index contributed by atoms with van der Waals surface area (Å²) in [6.07, 6.45) is 4.95. The summed E-state index contributed by atoms with van der Waals surface area (Å²) < 4.78 is 5.27. The van der Waals surface area contributed by atoms with Crippen LogP contribution < -0.4 is 9.64 Å². The van der Waals surface area contributed by atoms with E-state index in [-0.39, 0.29) is 5.91 Å². The summed E-state index contributed by atoms with van der Waals surface area (Å²) in [6.45, 7) is 6.40. The molecule has 166 valence electrons. The average molecular weight is 431 g/mol. The fourth-order valence-electron chi connectivity index (χ4n) is 4.13. The van der Waals surface area contributed by atoms with Gasteiger partial charge < -0.3 is 14.5 Å². The van der Waals surface area contributed by atoms with Crippen LogP contribution >= 0.6 is 0 Å². The van der Waals surface area contributed by atoms with Gasteiger partial charge in [0, 0.05) is 37.1 Å². The van der Waals surface area contributed by atoms with E-state index in [1.165, 1.54) is 6.42 Å². The quantitative estimate of drug-likeness (QED) is 0.535. The number of hydrogen-bond donors (Lipinski definition) is 0. The van der Waals surface area contributed by atoms with E-state index in [2.05, 4.69) is 41.9 Å². The maximum Gasteiger partial charge on any atom is 0.259 e. The summed E-state index contributed by atoms with van der Waals surface area (Å²) in [4.78, 5) is 27.0. The van der Waals surface area contributed by atoms with E-state index in [0.29, 0.717) is 23.8 Å². The number of amides is 1. The van der Waals surface area contributed by atoms with Gasteiger partial charge in [-0.2, -0.15) is 0 Å². The van der Waals surface area contributed by atoms with Crippen molar-refractivity contribution >= 4 is 17.4 Å². The summed E-state index contributed by atoms with van der Waals surface area (Å²) in [5, 5.41) is 0. The molecule has 2 heterocycles. The molecule has 6 heteroatoms. The fourth-order valence-corrected chi connectivity index (χ4v) is 4.13. The van der Waals surface area contributed by atoms with Gasteiger partial charge in [-0.1, -0.05) is 12.1 Å². The van der Waals surface area contributed by atoms with E-state index >= 15 is 0 Å². The topological polar surface area (TPSA) is 58.6 Å². The summed E-state index contributed by atoms with van der Waals surface area (Å²) in [5.74, 6) is 2.02. The van der Waals surface area contributed by atoms with Gasteiger partial charge in [0.25, 0.3) is 5.91 Å². The lowest BCUT2D eigenvalue weighted by atomic mass is 10.1. The van der Waals surface area contributed by atoms with E-state index < -0.39 is 0 Å². The van der Waals surface area contributed by atoms with Crippen LogP contribution in [0, 0.1) is 6.92 Å². The van der Waals surface area contributed by atoms with Crippen molar-refractivity contribution in [1.29, 1.82) is 0 Å². The first kappa shape index (κ1) is 21.8. The Hall–Kier alpha value is -3.41. The average Bonchev–Trinajstić information content (AvgIpc) is 2.85. The first-order valence-corrected chi connectivity index (χ1v) is 11.3. The highest BCUT2D eigenvalue weighted by atomic mass is 16.5. The van der Waals surface area contributed by atoms with Crippen molar-refractivity contribution in [1.82, 2.24) is 14.9 Å². The first-order valence-electron chi connectivity index (χ1n) is 11.3. The number of piperidine rings is 1. The number of rotatable bonds is 6. The summed E-state index contributed by atoms with van der Waals surface area (Å²) in [5.41, 5.74) is 3.60. The van der Waals surface area contributed by atoms with Crippen LogP contribution in [0.5, 0.6) is 5.75 Å². The Morgan fingerprint density at radius 2 is 1.84 bits per heavy atom. The highest BCUT2D eigenvalue weighted by molar-refractivity contribution is 5.99. The minimum absolute atomic E-state index is 0.00656. The molecule has 3 aromatic rings. The minimum atomic E-state index is 0.00656. The molecule has 0 saturated carbocycles. The second-order valence-corrected chi connectivity index (χ2v) is 8.10. The zero-order valence-corrected chi connectivity index (χ0v) is 19.0. The number of methoxy groups -OCH3 is 1. The van der Waals surface area contributed by atoms with Gasteiger partial charge in [0.1, 0.15) is 17.1 Å². The van der Waals surface area contributed by atoms with E-state index in [1.54, 1.807) is 13.3 Å². The van der Waals surface area contributed by atoms with Crippen LogP contribution in [0.15, 0.2) is 54.7 Å². The van der Waals surface area contributed by atoms with Crippen LogP contribution in [0.2, 0.25) is 0 Å². The Morgan fingerprint density at radius 3 is 2.50 bits per heavy atom. The molecule has 6 nitrogen and oxygen atoms in total. The zero-order chi connectivity index (χ0) is 22.5. The third-order valence-electron chi connectivity index (χ3n) is 5.88. The maximum absolute atomic E-state index is 13.5. The second kappa shape index (κ2) is 9.81. The largest absolute Gasteiger partial charge is 0.497 e. The lowest BCUT2D eigenvalue weighted by Crippen LogP contribution is -2.37. The predicted molar refractivity (Wildman–Crippen MR) is 128 cm³/mol. The summed E-state index contributed by atoms with van der Waals surface area (Å²) in [6, 6.07) is 15.9. The molecule has 0 N–H and O–H groups in total. The van der Waals surface area contributed by atoms with Crippen molar-refractivity contribution in [2.45, 2.75) is 33.1 Å². The fraction of sp³-hybridized carbons (Fsp3) is 0.346. The van der Waals surface area contributed by atoms with E-state index in [4.69, 9.17) is 9.72 Å². The monoisotopic (exact) mass is 430 g/mol. The Bertz CT molecular complexity index is 1080. The molecule has 2 aromatic carbocycles. The molecule has 1 aliphatic heterocycles. The van der Waals surface area contributed by atoms with Crippen molar-refractivity contribution in [2.24, 2.45) is 0 Å². The van der Waals surface area contributed by atoms with Crippen molar-refractivity contribution < 1.29 is 9.53 Å². The molecule has 1 saturated heterocycles. The van der Waals surface area contributed by atoms with Crippen LogP contribution in [0.3, 0.4) is 0 Å². The van der Waals surface area contributed by atoms with Gasteiger partial charge in [-0.15, -0.1) is 0 Å². The van der Waals surface area contributed by atoms with Crippen molar-refractivity contribution in [3.63, 3.8) is 0 Å². The molecular formula is C26H30N4O2. The van der Waals surface area contributed by atoms with Crippen LogP contribution in [0.4, 0.5) is 11.5 Å². The Morgan fingerprint density at radius 1 is 1.09 bits per heavy atom. The second-order valence-electron chi connectivity index (χ2n) is 8.10. The molecule has 32 heavy (non-hydrogen) atoms. The number of ether oxygens (including phenoxy) is 1. The van der Waals surface area contributed by atoms with Gasteiger partial charge in [-0.05, 0) is 75.1 Å².